The summed E-state index contributed by atoms with van der Waals surface area (Å²) in [4.78, 5) is 15.7. The topological polar surface area (TPSA) is 43.8 Å². The Morgan fingerprint density at radius 2 is 1.83 bits per heavy atom. The van der Waals surface area contributed by atoms with Crippen molar-refractivity contribution in [2.45, 2.75) is 57.5 Å². The van der Waals surface area contributed by atoms with Crippen LogP contribution in [0.15, 0.2) is 0 Å². The van der Waals surface area contributed by atoms with Gasteiger partial charge in [-0.2, -0.15) is 0 Å². The average Bonchev–Trinajstić information content (AvgIpc) is 2.90. The minimum Gasteiger partial charge on any atom is -0.481 e. The van der Waals surface area contributed by atoms with E-state index in [0.717, 1.165) is 25.6 Å². The maximum absolute atomic E-state index is 10.6. The van der Waals surface area contributed by atoms with Gasteiger partial charge in [-0.25, -0.2) is 0 Å². The predicted octanol–water partition coefficient (Wildman–Crippen LogP) is 1.80. The third kappa shape index (κ3) is 3.69. The molecule has 2 fully saturated rings. The summed E-state index contributed by atoms with van der Waals surface area (Å²) in [6.45, 7) is 6.72. The molecular formula is C14H26N2O2. The first kappa shape index (κ1) is 13.8. The highest BCUT2D eigenvalue weighted by Crippen LogP contribution is 2.24. The second kappa shape index (κ2) is 6.53. The molecule has 0 bridgehead atoms. The van der Waals surface area contributed by atoms with Gasteiger partial charge in [0.05, 0.1) is 0 Å². The highest BCUT2D eigenvalue weighted by atomic mass is 16.4. The molecule has 1 saturated carbocycles. The van der Waals surface area contributed by atoms with Crippen molar-refractivity contribution in [3.8, 4) is 0 Å². The third-order valence-corrected chi connectivity index (χ3v) is 4.59. The zero-order valence-corrected chi connectivity index (χ0v) is 11.5. The zero-order valence-electron chi connectivity index (χ0n) is 11.5. The maximum Gasteiger partial charge on any atom is 0.303 e. The SMILES string of the molecule is CC(CCC(=O)O)N1CCN(C2CCCC2)CC1. The molecule has 1 aliphatic heterocycles. The highest BCUT2D eigenvalue weighted by Gasteiger charge is 2.27. The number of hydrogen-bond donors (Lipinski definition) is 1. The van der Waals surface area contributed by atoms with Gasteiger partial charge in [0.25, 0.3) is 0 Å². The van der Waals surface area contributed by atoms with E-state index in [2.05, 4.69) is 16.7 Å². The van der Waals surface area contributed by atoms with Crippen LogP contribution in [0.4, 0.5) is 0 Å². The Bertz CT molecular complexity index is 269. The van der Waals surface area contributed by atoms with Crippen LogP contribution in [0.1, 0.15) is 45.4 Å². The van der Waals surface area contributed by atoms with Crippen LogP contribution in [0, 0.1) is 0 Å². The Kier molecular flexibility index (Phi) is 5.01. The third-order valence-electron chi connectivity index (χ3n) is 4.59. The van der Waals surface area contributed by atoms with Gasteiger partial charge in [-0.3, -0.25) is 14.6 Å². The Morgan fingerprint density at radius 3 is 2.39 bits per heavy atom. The van der Waals surface area contributed by atoms with E-state index in [9.17, 15) is 4.79 Å². The molecule has 4 heteroatoms. The first-order valence-electron chi connectivity index (χ1n) is 7.36. The first-order chi connectivity index (χ1) is 8.66. The van der Waals surface area contributed by atoms with Crippen LogP contribution in [0.3, 0.4) is 0 Å². The molecule has 0 aromatic rings. The van der Waals surface area contributed by atoms with Gasteiger partial charge in [-0.1, -0.05) is 12.8 Å². The van der Waals surface area contributed by atoms with Gasteiger partial charge >= 0.3 is 5.97 Å². The summed E-state index contributed by atoms with van der Waals surface area (Å²) < 4.78 is 0. The van der Waals surface area contributed by atoms with Crippen molar-refractivity contribution in [1.82, 2.24) is 9.80 Å². The zero-order chi connectivity index (χ0) is 13.0. The molecule has 1 atom stereocenters. The average molecular weight is 254 g/mol. The second-order valence-corrected chi connectivity index (χ2v) is 5.79. The molecule has 0 amide bonds. The molecular weight excluding hydrogens is 228 g/mol. The summed E-state index contributed by atoms with van der Waals surface area (Å²) in [7, 11) is 0. The lowest BCUT2D eigenvalue weighted by Gasteiger charge is -2.40. The molecule has 104 valence electrons. The molecule has 1 heterocycles. The van der Waals surface area contributed by atoms with E-state index in [-0.39, 0.29) is 0 Å². The van der Waals surface area contributed by atoms with Crippen LogP contribution in [0.25, 0.3) is 0 Å². The minimum atomic E-state index is -0.675. The molecule has 1 aliphatic carbocycles. The fraction of sp³-hybridized carbons (Fsp3) is 0.929. The van der Waals surface area contributed by atoms with Crippen molar-refractivity contribution < 1.29 is 9.90 Å². The molecule has 18 heavy (non-hydrogen) atoms. The van der Waals surface area contributed by atoms with Crippen LogP contribution in [-0.4, -0.2) is 59.1 Å². The van der Waals surface area contributed by atoms with Crippen LogP contribution in [-0.2, 0) is 4.79 Å². The van der Waals surface area contributed by atoms with E-state index < -0.39 is 5.97 Å². The molecule has 1 N–H and O–H groups in total. The number of carbonyl (C=O) groups is 1. The van der Waals surface area contributed by atoms with Crippen molar-refractivity contribution in [1.29, 1.82) is 0 Å². The lowest BCUT2D eigenvalue weighted by molar-refractivity contribution is -0.137. The van der Waals surface area contributed by atoms with E-state index in [1.54, 1.807) is 0 Å². The Labute approximate surface area is 110 Å². The van der Waals surface area contributed by atoms with E-state index in [1.165, 1.54) is 38.8 Å². The summed E-state index contributed by atoms with van der Waals surface area (Å²) in [6, 6.07) is 1.24. The number of aliphatic carboxylic acids is 1. The lowest BCUT2D eigenvalue weighted by atomic mass is 10.1. The number of hydrogen-bond acceptors (Lipinski definition) is 3. The van der Waals surface area contributed by atoms with Gasteiger partial charge in [-0.15, -0.1) is 0 Å². The molecule has 4 nitrogen and oxygen atoms in total. The highest BCUT2D eigenvalue weighted by molar-refractivity contribution is 5.66. The fourth-order valence-corrected chi connectivity index (χ4v) is 3.33. The van der Waals surface area contributed by atoms with Gasteiger partial charge in [0.2, 0.25) is 0 Å². The largest absolute Gasteiger partial charge is 0.481 e. The standard InChI is InChI=1S/C14H26N2O2/c1-12(6-7-14(17)18)15-8-10-16(11-9-15)13-4-2-3-5-13/h12-13H,2-11H2,1H3,(H,17,18). The van der Waals surface area contributed by atoms with E-state index in [1.807, 2.05) is 0 Å². The van der Waals surface area contributed by atoms with Crippen molar-refractivity contribution in [3.63, 3.8) is 0 Å². The monoisotopic (exact) mass is 254 g/mol. The summed E-state index contributed by atoms with van der Waals surface area (Å²) in [5.74, 6) is -0.675. The lowest BCUT2D eigenvalue weighted by Crippen LogP contribution is -2.52. The Hall–Kier alpha value is -0.610. The smallest absolute Gasteiger partial charge is 0.303 e. The van der Waals surface area contributed by atoms with Gasteiger partial charge in [0.1, 0.15) is 0 Å². The number of rotatable bonds is 5. The van der Waals surface area contributed by atoms with Crippen molar-refractivity contribution >= 4 is 5.97 Å². The number of nitrogens with zero attached hydrogens (tertiary/aromatic N) is 2. The predicted molar refractivity (Wildman–Crippen MR) is 71.7 cm³/mol. The van der Waals surface area contributed by atoms with Crippen LogP contribution in [0.2, 0.25) is 0 Å². The van der Waals surface area contributed by atoms with E-state index in [4.69, 9.17) is 5.11 Å². The number of piperazine rings is 1. The summed E-state index contributed by atoms with van der Waals surface area (Å²) in [5, 5.41) is 8.72. The molecule has 1 unspecified atom stereocenters. The minimum absolute atomic E-state index is 0.296. The fourth-order valence-electron chi connectivity index (χ4n) is 3.33. The van der Waals surface area contributed by atoms with Gasteiger partial charge in [-0.05, 0) is 26.2 Å². The van der Waals surface area contributed by atoms with Crippen molar-refractivity contribution in [2.75, 3.05) is 26.2 Å². The van der Waals surface area contributed by atoms with Crippen LogP contribution >= 0.6 is 0 Å². The van der Waals surface area contributed by atoms with Crippen LogP contribution in [0.5, 0.6) is 0 Å². The molecule has 0 spiro atoms. The summed E-state index contributed by atoms with van der Waals surface area (Å²) in [6.07, 6.45) is 6.64. The second-order valence-electron chi connectivity index (χ2n) is 5.79. The Morgan fingerprint density at radius 1 is 1.22 bits per heavy atom. The van der Waals surface area contributed by atoms with Crippen molar-refractivity contribution in [2.24, 2.45) is 0 Å². The molecule has 0 aromatic heterocycles. The Balaban J connectivity index is 1.70. The quantitative estimate of drug-likeness (QED) is 0.812. The van der Waals surface area contributed by atoms with E-state index >= 15 is 0 Å². The maximum atomic E-state index is 10.6. The van der Waals surface area contributed by atoms with Gasteiger partial charge < -0.3 is 5.11 Å². The molecule has 0 aromatic carbocycles. The van der Waals surface area contributed by atoms with Gasteiger partial charge in [0.15, 0.2) is 0 Å². The normalized spacial score (nSPS) is 25.4. The van der Waals surface area contributed by atoms with Crippen molar-refractivity contribution in [3.05, 3.63) is 0 Å². The number of carboxylic acids is 1. The molecule has 2 aliphatic rings. The van der Waals surface area contributed by atoms with Gasteiger partial charge in [0, 0.05) is 44.7 Å². The molecule has 1 saturated heterocycles. The first-order valence-corrected chi connectivity index (χ1v) is 7.36. The summed E-state index contributed by atoms with van der Waals surface area (Å²) in [5.41, 5.74) is 0. The number of carboxylic acid groups (broad SMARTS) is 1. The molecule has 2 rings (SSSR count). The van der Waals surface area contributed by atoms with E-state index in [0.29, 0.717) is 12.5 Å². The molecule has 0 radical (unpaired) electrons. The van der Waals surface area contributed by atoms with Crippen LogP contribution < -0.4 is 0 Å². The summed E-state index contributed by atoms with van der Waals surface area (Å²) >= 11 is 0.